The van der Waals surface area contributed by atoms with Gasteiger partial charge in [-0.3, -0.25) is 9.69 Å². The number of carbonyl (C=O) groups excluding carboxylic acids is 1. The van der Waals surface area contributed by atoms with Crippen LogP contribution in [0.2, 0.25) is 0 Å². The molecule has 0 unspecified atom stereocenters. The number of aromatic nitrogens is 2. The van der Waals surface area contributed by atoms with Crippen LogP contribution in [0, 0.1) is 6.92 Å². The van der Waals surface area contributed by atoms with Crippen LogP contribution in [0.25, 0.3) is 0 Å². The molecule has 3 aromatic rings. The standard InChI is InChI=1S/C28H32N4O4/c1-20-30-19-25(27(33)29-13-10-21-6-5-7-23(18-21)28(34)35)26(31-20)22-11-14-32(15-12-22)16-17-36-24-8-3-2-4-9-24/h2-9,18-19,22H,10-17H2,1H3,(H,29,33)(H,34,35). The first kappa shape index (κ1) is 25.3. The number of piperidine rings is 1. The van der Waals surface area contributed by atoms with Gasteiger partial charge in [-0.05, 0) is 69.1 Å². The molecular formula is C28H32N4O4. The number of ether oxygens (including phenoxy) is 1. The molecule has 1 aliphatic rings. The highest BCUT2D eigenvalue weighted by Crippen LogP contribution is 2.29. The zero-order chi connectivity index (χ0) is 25.3. The highest BCUT2D eigenvalue weighted by atomic mass is 16.5. The summed E-state index contributed by atoms with van der Waals surface area (Å²) in [7, 11) is 0. The summed E-state index contributed by atoms with van der Waals surface area (Å²) in [5.74, 6) is 0.584. The van der Waals surface area contributed by atoms with Gasteiger partial charge in [-0.15, -0.1) is 0 Å². The van der Waals surface area contributed by atoms with Crippen molar-refractivity contribution in [2.45, 2.75) is 32.1 Å². The third-order valence-electron chi connectivity index (χ3n) is 6.45. The fourth-order valence-corrected chi connectivity index (χ4v) is 4.49. The number of carboxylic acid groups (broad SMARTS) is 1. The Morgan fingerprint density at radius 1 is 1.11 bits per heavy atom. The quantitative estimate of drug-likeness (QED) is 0.448. The van der Waals surface area contributed by atoms with E-state index in [0.29, 0.717) is 31.0 Å². The molecule has 8 heteroatoms. The number of nitrogens with zero attached hydrogens (tertiary/aromatic N) is 3. The second kappa shape index (κ2) is 12.3. The number of carboxylic acids is 1. The summed E-state index contributed by atoms with van der Waals surface area (Å²) in [6.07, 6.45) is 4.00. The summed E-state index contributed by atoms with van der Waals surface area (Å²) < 4.78 is 5.83. The second-order valence-electron chi connectivity index (χ2n) is 9.00. The molecule has 1 fully saturated rings. The van der Waals surface area contributed by atoms with Crippen LogP contribution < -0.4 is 10.1 Å². The van der Waals surface area contributed by atoms with Crippen molar-refractivity contribution in [2.75, 3.05) is 32.8 Å². The molecule has 0 bridgehead atoms. The topological polar surface area (TPSA) is 105 Å². The molecule has 1 aromatic heterocycles. The van der Waals surface area contributed by atoms with Crippen molar-refractivity contribution in [1.29, 1.82) is 0 Å². The Morgan fingerprint density at radius 3 is 2.64 bits per heavy atom. The van der Waals surface area contributed by atoms with Crippen LogP contribution in [0.15, 0.2) is 60.8 Å². The summed E-state index contributed by atoms with van der Waals surface area (Å²) in [4.78, 5) is 35.5. The molecule has 0 saturated carbocycles. The molecule has 2 aromatic carbocycles. The van der Waals surface area contributed by atoms with E-state index in [9.17, 15) is 9.59 Å². The molecule has 2 N–H and O–H groups in total. The Hall–Kier alpha value is -3.78. The van der Waals surface area contributed by atoms with Crippen molar-refractivity contribution < 1.29 is 19.4 Å². The van der Waals surface area contributed by atoms with Gasteiger partial charge in [0.15, 0.2) is 0 Å². The number of rotatable bonds is 10. The average molecular weight is 489 g/mol. The van der Waals surface area contributed by atoms with Gasteiger partial charge in [0.2, 0.25) is 0 Å². The minimum absolute atomic E-state index is 0.196. The van der Waals surface area contributed by atoms with E-state index < -0.39 is 5.97 Å². The lowest BCUT2D eigenvalue weighted by Gasteiger charge is -2.32. The van der Waals surface area contributed by atoms with Gasteiger partial charge in [-0.25, -0.2) is 14.8 Å². The lowest BCUT2D eigenvalue weighted by atomic mass is 9.90. The first-order valence-corrected chi connectivity index (χ1v) is 12.3. The minimum atomic E-state index is -0.961. The summed E-state index contributed by atoms with van der Waals surface area (Å²) >= 11 is 0. The molecule has 0 radical (unpaired) electrons. The average Bonchev–Trinajstić information content (AvgIpc) is 2.90. The Morgan fingerprint density at radius 2 is 1.89 bits per heavy atom. The highest BCUT2D eigenvalue weighted by molar-refractivity contribution is 5.95. The van der Waals surface area contributed by atoms with Gasteiger partial charge < -0.3 is 15.2 Å². The van der Waals surface area contributed by atoms with Gasteiger partial charge in [0.05, 0.1) is 16.8 Å². The third-order valence-corrected chi connectivity index (χ3v) is 6.45. The van der Waals surface area contributed by atoms with Crippen molar-refractivity contribution in [3.8, 4) is 5.75 Å². The number of aromatic carboxylic acids is 1. The van der Waals surface area contributed by atoms with E-state index in [1.807, 2.05) is 43.3 Å². The van der Waals surface area contributed by atoms with Gasteiger partial charge >= 0.3 is 5.97 Å². The molecule has 4 rings (SSSR count). The number of para-hydroxylation sites is 1. The molecular weight excluding hydrogens is 456 g/mol. The summed E-state index contributed by atoms with van der Waals surface area (Å²) in [6.45, 7) is 5.59. The number of hydrogen-bond donors (Lipinski definition) is 2. The number of likely N-dealkylation sites (tertiary alicyclic amines) is 1. The maximum absolute atomic E-state index is 13.0. The first-order chi connectivity index (χ1) is 17.5. The summed E-state index contributed by atoms with van der Waals surface area (Å²) in [5.41, 5.74) is 2.43. The first-order valence-electron chi connectivity index (χ1n) is 12.3. The van der Waals surface area contributed by atoms with Crippen molar-refractivity contribution in [2.24, 2.45) is 0 Å². The Labute approximate surface area is 211 Å². The van der Waals surface area contributed by atoms with Crippen LogP contribution in [0.1, 0.15) is 56.6 Å². The predicted molar refractivity (Wildman–Crippen MR) is 137 cm³/mol. The number of hydrogen-bond acceptors (Lipinski definition) is 6. The van der Waals surface area contributed by atoms with Crippen LogP contribution in [-0.4, -0.2) is 64.6 Å². The Kier molecular flexibility index (Phi) is 8.62. The van der Waals surface area contributed by atoms with E-state index >= 15 is 0 Å². The maximum atomic E-state index is 13.0. The van der Waals surface area contributed by atoms with E-state index in [1.54, 1.807) is 24.4 Å². The third kappa shape index (κ3) is 6.88. The molecule has 36 heavy (non-hydrogen) atoms. The molecule has 1 saturated heterocycles. The molecule has 1 amide bonds. The smallest absolute Gasteiger partial charge is 0.335 e. The van der Waals surface area contributed by atoms with Crippen LogP contribution >= 0.6 is 0 Å². The maximum Gasteiger partial charge on any atom is 0.335 e. The van der Waals surface area contributed by atoms with E-state index in [-0.39, 0.29) is 17.4 Å². The van der Waals surface area contributed by atoms with E-state index in [4.69, 9.17) is 9.84 Å². The number of carbonyl (C=O) groups is 2. The molecule has 0 spiro atoms. The van der Waals surface area contributed by atoms with E-state index in [1.165, 1.54) is 0 Å². The second-order valence-corrected chi connectivity index (χ2v) is 9.00. The Bertz CT molecular complexity index is 1180. The fourth-order valence-electron chi connectivity index (χ4n) is 4.49. The highest BCUT2D eigenvalue weighted by Gasteiger charge is 2.26. The lowest BCUT2D eigenvalue weighted by molar-refractivity contribution is 0.0696. The fraction of sp³-hybridized carbons (Fsp3) is 0.357. The molecule has 0 aliphatic carbocycles. The van der Waals surface area contributed by atoms with Gasteiger partial charge in [0.25, 0.3) is 5.91 Å². The molecule has 2 heterocycles. The number of nitrogens with one attached hydrogen (secondary N) is 1. The molecule has 8 nitrogen and oxygen atoms in total. The van der Waals surface area contributed by atoms with Crippen molar-refractivity contribution in [1.82, 2.24) is 20.2 Å². The van der Waals surface area contributed by atoms with Gasteiger partial charge in [-0.2, -0.15) is 0 Å². The number of amides is 1. The number of benzene rings is 2. The normalized spacial score (nSPS) is 14.4. The Balaban J connectivity index is 1.30. The predicted octanol–water partition coefficient (Wildman–Crippen LogP) is 3.71. The van der Waals surface area contributed by atoms with E-state index in [0.717, 1.165) is 49.5 Å². The van der Waals surface area contributed by atoms with Crippen LogP contribution in [0.4, 0.5) is 0 Å². The van der Waals surface area contributed by atoms with Gasteiger partial charge in [0.1, 0.15) is 18.2 Å². The zero-order valence-corrected chi connectivity index (χ0v) is 20.5. The zero-order valence-electron chi connectivity index (χ0n) is 20.5. The SMILES string of the molecule is Cc1ncc(C(=O)NCCc2cccc(C(=O)O)c2)c(C2CCN(CCOc3ccccc3)CC2)n1. The molecule has 188 valence electrons. The van der Waals surface area contributed by atoms with Crippen molar-refractivity contribution in [3.05, 3.63) is 89.0 Å². The molecule has 1 aliphatic heterocycles. The van der Waals surface area contributed by atoms with Gasteiger partial charge in [0, 0.05) is 25.2 Å². The van der Waals surface area contributed by atoms with Crippen molar-refractivity contribution in [3.63, 3.8) is 0 Å². The van der Waals surface area contributed by atoms with Crippen LogP contribution in [0.5, 0.6) is 5.75 Å². The van der Waals surface area contributed by atoms with Crippen LogP contribution in [-0.2, 0) is 6.42 Å². The van der Waals surface area contributed by atoms with Gasteiger partial charge in [-0.1, -0.05) is 30.3 Å². The number of aryl methyl sites for hydroxylation is 1. The minimum Gasteiger partial charge on any atom is -0.492 e. The largest absolute Gasteiger partial charge is 0.492 e. The molecule has 0 atom stereocenters. The van der Waals surface area contributed by atoms with Crippen LogP contribution in [0.3, 0.4) is 0 Å². The van der Waals surface area contributed by atoms with E-state index in [2.05, 4.69) is 20.2 Å². The summed E-state index contributed by atoms with van der Waals surface area (Å²) in [5, 5.41) is 12.1. The lowest BCUT2D eigenvalue weighted by Crippen LogP contribution is -2.37. The monoisotopic (exact) mass is 488 g/mol. The van der Waals surface area contributed by atoms with Crippen molar-refractivity contribution >= 4 is 11.9 Å². The summed E-state index contributed by atoms with van der Waals surface area (Å²) in [6, 6.07) is 16.6.